The van der Waals surface area contributed by atoms with Crippen LogP contribution in [0.25, 0.3) is 11.1 Å². The van der Waals surface area contributed by atoms with Crippen LogP contribution in [0, 0.1) is 35.0 Å². The van der Waals surface area contributed by atoms with Gasteiger partial charge in [-0.3, -0.25) is 0 Å². The molecule has 0 aliphatic heterocycles. The molecule has 1 fully saturated rings. The van der Waals surface area contributed by atoms with Crippen LogP contribution in [0.3, 0.4) is 0 Å². The summed E-state index contributed by atoms with van der Waals surface area (Å²) in [5.41, 5.74) is -0.136. The van der Waals surface area contributed by atoms with Crippen LogP contribution in [0.1, 0.15) is 58.5 Å². The number of hydrogen-bond acceptors (Lipinski definition) is 1. The van der Waals surface area contributed by atoms with Gasteiger partial charge in [0.2, 0.25) is 0 Å². The van der Waals surface area contributed by atoms with Gasteiger partial charge in [0, 0.05) is 13.6 Å². The highest BCUT2D eigenvalue weighted by Crippen LogP contribution is 2.39. The molecule has 1 aliphatic carbocycles. The summed E-state index contributed by atoms with van der Waals surface area (Å²) in [6, 6.07) is 8.89. The predicted octanol–water partition coefficient (Wildman–Crippen LogP) is 9.35. The maximum absolute atomic E-state index is 14.6. The fraction of sp³-hybridized carbons (Fsp3) is 0.333. The lowest BCUT2D eigenvalue weighted by Crippen LogP contribution is -2.25. The van der Waals surface area contributed by atoms with Crippen LogP contribution in [0.2, 0.25) is 0 Å². The summed E-state index contributed by atoms with van der Waals surface area (Å²) in [4.78, 5) is 0. The van der Waals surface area contributed by atoms with Crippen molar-refractivity contribution >= 4 is 0 Å². The first kappa shape index (κ1) is 26.6. The zero-order valence-corrected chi connectivity index (χ0v) is 18.2. The largest absolute Gasteiger partial charge is 0.432 e. The molecule has 0 radical (unpaired) electrons. The number of ether oxygens (including phenoxy) is 1. The Hall–Kier alpha value is -3.03. The molecular weight excluding hydrogens is 473 g/mol. The molecule has 0 heterocycles. The van der Waals surface area contributed by atoms with Gasteiger partial charge in [-0.1, -0.05) is 51.5 Å². The zero-order chi connectivity index (χ0) is 24.6. The Kier molecular flexibility index (Phi) is 7.82. The number of alkyl halides is 2. The molecule has 1 aliphatic rings. The number of halogens is 7. The molecule has 0 unspecified atom stereocenters. The van der Waals surface area contributed by atoms with E-state index in [0.29, 0.717) is 17.4 Å². The average molecular weight is 500 g/mol. The third-order valence-electron chi connectivity index (χ3n) is 6.27. The normalized spacial score (nSPS) is 18.2. The molecule has 0 saturated heterocycles. The lowest BCUT2D eigenvalue weighted by molar-refractivity contribution is -0.189. The van der Waals surface area contributed by atoms with Gasteiger partial charge >= 0.3 is 6.11 Å². The van der Waals surface area contributed by atoms with E-state index in [0.717, 1.165) is 43.4 Å². The molecule has 3 aromatic rings. The third-order valence-corrected chi connectivity index (χ3v) is 6.27. The molecule has 4 rings (SSSR count). The van der Waals surface area contributed by atoms with Gasteiger partial charge < -0.3 is 4.74 Å². The summed E-state index contributed by atoms with van der Waals surface area (Å²) in [6.07, 6.45) is -0.216. The molecule has 190 valence electrons. The van der Waals surface area contributed by atoms with Gasteiger partial charge in [0.05, 0.1) is 0 Å². The van der Waals surface area contributed by atoms with Gasteiger partial charge in [0.25, 0.3) is 0 Å². The Balaban J connectivity index is 0.00000228. The molecule has 0 spiro atoms. The molecule has 1 saturated carbocycles. The van der Waals surface area contributed by atoms with Crippen LogP contribution in [-0.2, 0) is 6.11 Å². The summed E-state index contributed by atoms with van der Waals surface area (Å²) in [5.74, 6) is -8.68. The molecule has 8 heteroatoms. The molecular formula is C27H27F7O. The van der Waals surface area contributed by atoms with Crippen molar-refractivity contribution in [2.45, 2.75) is 52.1 Å². The molecule has 1 nitrogen and oxygen atoms in total. The van der Waals surface area contributed by atoms with Gasteiger partial charge in [-0.05, 0) is 53.5 Å². The molecule has 0 N–H and O–H groups in total. The lowest BCUT2D eigenvalue weighted by atomic mass is 9.79. The Morgan fingerprint density at radius 1 is 0.743 bits per heavy atom. The van der Waals surface area contributed by atoms with E-state index in [-0.39, 0.29) is 26.5 Å². The smallest absolute Gasteiger partial charge is 0.429 e. The van der Waals surface area contributed by atoms with Gasteiger partial charge in [0.1, 0.15) is 22.9 Å². The number of rotatable bonds is 5. The van der Waals surface area contributed by atoms with Crippen molar-refractivity contribution < 1.29 is 36.9 Å². The van der Waals surface area contributed by atoms with Crippen LogP contribution in [0.4, 0.5) is 30.7 Å². The Morgan fingerprint density at radius 3 is 1.77 bits per heavy atom. The van der Waals surface area contributed by atoms with Crippen LogP contribution in [-0.4, -0.2) is 0 Å². The predicted molar refractivity (Wildman–Crippen MR) is 122 cm³/mol. The molecule has 0 bridgehead atoms. The molecule has 0 atom stereocenters. The quantitative estimate of drug-likeness (QED) is 0.251. The van der Waals surface area contributed by atoms with Crippen LogP contribution >= 0.6 is 0 Å². The minimum absolute atomic E-state index is 0. The minimum Gasteiger partial charge on any atom is -0.429 e. The second-order valence-corrected chi connectivity index (χ2v) is 8.71. The topological polar surface area (TPSA) is 9.23 Å². The van der Waals surface area contributed by atoms with Gasteiger partial charge in [-0.25, -0.2) is 22.0 Å². The van der Waals surface area contributed by atoms with Gasteiger partial charge in [0.15, 0.2) is 17.5 Å². The van der Waals surface area contributed by atoms with Crippen molar-refractivity contribution in [1.29, 1.82) is 0 Å². The molecule has 35 heavy (non-hydrogen) atoms. The number of hydrogen-bond donors (Lipinski definition) is 0. The molecule has 0 aromatic heterocycles. The van der Waals surface area contributed by atoms with Crippen molar-refractivity contribution in [3.05, 3.63) is 88.7 Å². The highest BCUT2D eigenvalue weighted by Gasteiger charge is 2.41. The summed E-state index contributed by atoms with van der Waals surface area (Å²) in [5, 5.41) is 0. The van der Waals surface area contributed by atoms with E-state index in [1.54, 1.807) is 12.1 Å². The van der Waals surface area contributed by atoms with E-state index in [1.165, 1.54) is 0 Å². The van der Waals surface area contributed by atoms with Crippen molar-refractivity contribution in [1.82, 2.24) is 0 Å². The first-order valence-corrected chi connectivity index (χ1v) is 10.9. The fourth-order valence-electron chi connectivity index (χ4n) is 4.35. The summed E-state index contributed by atoms with van der Waals surface area (Å²) in [7, 11) is 0. The summed E-state index contributed by atoms with van der Waals surface area (Å²) >= 11 is 0. The van der Waals surface area contributed by atoms with Gasteiger partial charge in [-0.15, -0.1) is 0 Å². The third kappa shape index (κ3) is 5.63. The van der Waals surface area contributed by atoms with Crippen molar-refractivity contribution in [3.8, 4) is 16.9 Å². The SMILES string of the molecule is C.CC1CCC(c2ccc(-c3cc(F)c(C(F)(F)Oc4cc(F)c(F)c(F)c4)c(F)c3)cc2)CC1.[HH]. The second kappa shape index (κ2) is 10.3. The second-order valence-electron chi connectivity index (χ2n) is 8.71. The summed E-state index contributed by atoms with van der Waals surface area (Å²) < 4.78 is 102. The minimum atomic E-state index is -4.62. The monoisotopic (exact) mass is 500 g/mol. The van der Waals surface area contributed by atoms with Gasteiger partial charge in [-0.2, -0.15) is 8.78 Å². The van der Waals surface area contributed by atoms with E-state index in [2.05, 4.69) is 11.7 Å². The fourth-order valence-corrected chi connectivity index (χ4v) is 4.35. The highest BCUT2D eigenvalue weighted by molar-refractivity contribution is 5.64. The molecule has 3 aromatic carbocycles. The van der Waals surface area contributed by atoms with Crippen LogP contribution in [0.5, 0.6) is 5.75 Å². The van der Waals surface area contributed by atoms with Crippen molar-refractivity contribution in [2.24, 2.45) is 5.92 Å². The van der Waals surface area contributed by atoms with Crippen LogP contribution in [0.15, 0.2) is 48.5 Å². The van der Waals surface area contributed by atoms with E-state index >= 15 is 0 Å². The average Bonchev–Trinajstić information content (AvgIpc) is 2.77. The summed E-state index contributed by atoms with van der Waals surface area (Å²) in [6.45, 7) is 2.22. The van der Waals surface area contributed by atoms with Crippen molar-refractivity contribution in [2.75, 3.05) is 0 Å². The van der Waals surface area contributed by atoms with E-state index < -0.39 is 46.5 Å². The van der Waals surface area contributed by atoms with E-state index in [4.69, 9.17) is 0 Å². The Bertz CT molecular complexity index is 1140. The first-order chi connectivity index (χ1) is 16.0. The highest BCUT2D eigenvalue weighted by atomic mass is 19.3. The maximum Gasteiger partial charge on any atom is 0.432 e. The standard InChI is InChI=1S/C26H21F7O.CH4.H2/c1-14-2-4-15(5-3-14)16-6-8-17(9-7-16)18-10-20(27)24(21(28)11-18)26(32,33)34-19-12-22(29)25(31)23(30)13-19;;/h6-15H,2-5H2,1H3;1H4;1H. The Labute approximate surface area is 201 Å². The number of benzene rings is 3. The zero-order valence-electron chi connectivity index (χ0n) is 18.2. The van der Waals surface area contributed by atoms with Crippen molar-refractivity contribution in [3.63, 3.8) is 0 Å². The van der Waals surface area contributed by atoms with E-state index in [9.17, 15) is 30.7 Å². The molecule has 0 amide bonds. The van der Waals surface area contributed by atoms with Crippen LogP contribution < -0.4 is 4.74 Å². The Morgan fingerprint density at radius 2 is 1.26 bits per heavy atom. The maximum atomic E-state index is 14.6. The lowest BCUT2D eigenvalue weighted by Gasteiger charge is -2.26. The van der Waals surface area contributed by atoms with E-state index in [1.807, 2.05) is 12.1 Å². The first-order valence-electron chi connectivity index (χ1n) is 10.9.